The molecule has 74 valence electrons. The molecule has 0 amide bonds. The standard InChI is InChI=1S/C12H20O/c1-5-6-7-10-8-9(2)11(13)12(10,3)4/h6-7,9-10H,5,8H2,1-4H3. The molecule has 1 nitrogen and oxygen atoms in total. The Morgan fingerprint density at radius 3 is 2.54 bits per heavy atom. The van der Waals surface area contributed by atoms with Crippen molar-refractivity contribution >= 4 is 5.78 Å². The zero-order valence-electron chi connectivity index (χ0n) is 9.13. The van der Waals surface area contributed by atoms with Crippen LogP contribution >= 0.6 is 0 Å². The van der Waals surface area contributed by atoms with Crippen LogP contribution in [-0.2, 0) is 4.79 Å². The third kappa shape index (κ3) is 1.84. The van der Waals surface area contributed by atoms with Crippen LogP contribution in [0.5, 0.6) is 0 Å². The molecule has 2 unspecified atom stereocenters. The highest BCUT2D eigenvalue weighted by Crippen LogP contribution is 2.43. The van der Waals surface area contributed by atoms with Crippen molar-refractivity contribution in [2.45, 2.75) is 40.5 Å². The summed E-state index contributed by atoms with van der Waals surface area (Å²) in [4.78, 5) is 11.8. The molecular weight excluding hydrogens is 160 g/mol. The van der Waals surface area contributed by atoms with E-state index in [1.165, 1.54) is 0 Å². The van der Waals surface area contributed by atoms with Crippen molar-refractivity contribution in [2.24, 2.45) is 17.3 Å². The fourth-order valence-corrected chi connectivity index (χ4v) is 2.22. The van der Waals surface area contributed by atoms with Crippen LogP contribution in [0.2, 0.25) is 0 Å². The lowest BCUT2D eigenvalue weighted by Gasteiger charge is -2.22. The second-order valence-corrected chi connectivity index (χ2v) is 4.67. The molecule has 0 spiro atoms. The number of ketones is 1. The first-order valence-electron chi connectivity index (χ1n) is 5.21. The summed E-state index contributed by atoms with van der Waals surface area (Å²) in [5.41, 5.74) is -0.134. The quantitative estimate of drug-likeness (QED) is 0.596. The lowest BCUT2D eigenvalue weighted by molar-refractivity contribution is -0.127. The monoisotopic (exact) mass is 180 g/mol. The summed E-state index contributed by atoms with van der Waals surface area (Å²) < 4.78 is 0. The molecule has 0 aliphatic heterocycles. The fourth-order valence-electron chi connectivity index (χ4n) is 2.22. The molecule has 1 aliphatic carbocycles. The van der Waals surface area contributed by atoms with Crippen LogP contribution in [0.15, 0.2) is 12.2 Å². The normalized spacial score (nSPS) is 33.1. The molecule has 0 heterocycles. The van der Waals surface area contributed by atoms with Crippen molar-refractivity contribution in [1.82, 2.24) is 0 Å². The maximum Gasteiger partial charge on any atom is 0.141 e. The molecule has 0 radical (unpaired) electrons. The lowest BCUT2D eigenvalue weighted by atomic mass is 9.81. The molecule has 2 atom stereocenters. The van der Waals surface area contributed by atoms with Crippen LogP contribution in [0.3, 0.4) is 0 Å². The zero-order chi connectivity index (χ0) is 10.1. The highest BCUT2D eigenvalue weighted by Gasteiger charge is 2.44. The Balaban J connectivity index is 2.78. The second kappa shape index (κ2) is 3.65. The van der Waals surface area contributed by atoms with Crippen LogP contribution in [0.25, 0.3) is 0 Å². The van der Waals surface area contributed by atoms with Gasteiger partial charge in [-0.3, -0.25) is 4.79 Å². The van der Waals surface area contributed by atoms with Gasteiger partial charge in [-0.25, -0.2) is 0 Å². The average molecular weight is 180 g/mol. The van der Waals surface area contributed by atoms with E-state index in [9.17, 15) is 4.79 Å². The van der Waals surface area contributed by atoms with Gasteiger partial charge < -0.3 is 0 Å². The Bertz CT molecular complexity index is 225. The number of rotatable bonds is 2. The van der Waals surface area contributed by atoms with Gasteiger partial charge in [0.05, 0.1) is 0 Å². The number of hydrogen-bond acceptors (Lipinski definition) is 1. The number of allylic oxidation sites excluding steroid dienone is 2. The number of hydrogen-bond donors (Lipinski definition) is 0. The second-order valence-electron chi connectivity index (χ2n) is 4.67. The van der Waals surface area contributed by atoms with Gasteiger partial charge >= 0.3 is 0 Å². The van der Waals surface area contributed by atoms with Gasteiger partial charge in [0.15, 0.2) is 0 Å². The van der Waals surface area contributed by atoms with Gasteiger partial charge in [-0.1, -0.05) is 39.8 Å². The highest BCUT2D eigenvalue weighted by atomic mass is 16.1. The third-order valence-corrected chi connectivity index (χ3v) is 3.22. The molecule has 0 saturated heterocycles. The molecule has 0 aromatic rings. The molecule has 13 heavy (non-hydrogen) atoms. The fraction of sp³-hybridized carbons (Fsp3) is 0.750. The summed E-state index contributed by atoms with van der Waals surface area (Å²) in [6.45, 7) is 8.32. The SMILES string of the molecule is CCC=CC1CC(C)C(=O)C1(C)C. The first-order valence-corrected chi connectivity index (χ1v) is 5.21. The summed E-state index contributed by atoms with van der Waals surface area (Å²) in [7, 11) is 0. The molecule has 1 heteroatoms. The van der Waals surface area contributed by atoms with E-state index >= 15 is 0 Å². The Morgan fingerprint density at radius 2 is 2.15 bits per heavy atom. The van der Waals surface area contributed by atoms with Gasteiger partial charge in [0.2, 0.25) is 0 Å². The average Bonchev–Trinajstić information content (AvgIpc) is 2.26. The molecule has 0 bridgehead atoms. The molecular formula is C12H20O. The molecule has 1 rings (SSSR count). The van der Waals surface area contributed by atoms with Crippen LogP contribution in [0.1, 0.15) is 40.5 Å². The minimum atomic E-state index is -0.134. The van der Waals surface area contributed by atoms with Gasteiger partial charge in [-0.2, -0.15) is 0 Å². The van der Waals surface area contributed by atoms with Crippen molar-refractivity contribution in [3.63, 3.8) is 0 Å². The number of Topliss-reactive ketones (excluding diaryl/α,β-unsaturated/α-hetero) is 1. The molecule has 1 aliphatic rings. The van der Waals surface area contributed by atoms with Crippen LogP contribution in [0.4, 0.5) is 0 Å². The zero-order valence-corrected chi connectivity index (χ0v) is 9.13. The largest absolute Gasteiger partial charge is 0.299 e. The molecule has 0 aromatic heterocycles. The number of carbonyl (C=O) groups is 1. The van der Waals surface area contributed by atoms with E-state index < -0.39 is 0 Å². The number of carbonyl (C=O) groups excluding carboxylic acids is 1. The maximum atomic E-state index is 11.8. The predicted octanol–water partition coefficient (Wildman–Crippen LogP) is 3.20. The van der Waals surface area contributed by atoms with Crippen molar-refractivity contribution in [1.29, 1.82) is 0 Å². The van der Waals surface area contributed by atoms with E-state index in [0.29, 0.717) is 11.7 Å². The van der Waals surface area contributed by atoms with E-state index in [2.05, 4.69) is 32.9 Å². The lowest BCUT2D eigenvalue weighted by Crippen LogP contribution is -2.25. The van der Waals surface area contributed by atoms with E-state index in [0.717, 1.165) is 12.8 Å². The van der Waals surface area contributed by atoms with Crippen LogP contribution in [-0.4, -0.2) is 5.78 Å². The molecule has 0 N–H and O–H groups in total. The van der Waals surface area contributed by atoms with Gasteiger partial charge in [-0.15, -0.1) is 0 Å². The Morgan fingerprint density at radius 1 is 1.54 bits per heavy atom. The summed E-state index contributed by atoms with van der Waals surface area (Å²) in [5.74, 6) is 1.13. The summed E-state index contributed by atoms with van der Waals surface area (Å²) >= 11 is 0. The minimum absolute atomic E-state index is 0.134. The Labute approximate surface area is 81.2 Å². The Kier molecular flexibility index (Phi) is 2.94. The van der Waals surface area contributed by atoms with Gasteiger partial charge in [0.25, 0.3) is 0 Å². The van der Waals surface area contributed by atoms with Gasteiger partial charge in [0, 0.05) is 11.3 Å². The highest BCUT2D eigenvalue weighted by molar-refractivity contribution is 5.88. The van der Waals surface area contributed by atoms with Crippen molar-refractivity contribution in [3.8, 4) is 0 Å². The van der Waals surface area contributed by atoms with E-state index in [1.54, 1.807) is 0 Å². The molecule has 1 saturated carbocycles. The summed E-state index contributed by atoms with van der Waals surface area (Å²) in [6.07, 6.45) is 6.50. The van der Waals surface area contributed by atoms with Crippen LogP contribution < -0.4 is 0 Å². The van der Waals surface area contributed by atoms with Gasteiger partial charge in [-0.05, 0) is 18.8 Å². The maximum absolute atomic E-state index is 11.8. The van der Waals surface area contributed by atoms with E-state index in [4.69, 9.17) is 0 Å². The minimum Gasteiger partial charge on any atom is -0.299 e. The third-order valence-electron chi connectivity index (χ3n) is 3.22. The molecule has 1 fully saturated rings. The topological polar surface area (TPSA) is 17.1 Å². The van der Waals surface area contributed by atoms with E-state index in [1.807, 2.05) is 6.92 Å². The van der Waals surface area contributed by atoms with Crippen molar-refractivity contribution < 1.29 is 4.79 Å². The Hall–Kier alpha value is -0.590. The van der Waals surface area contributed by atoms with Crippen molar-refractivity contribution in [3.05, 3.63) is 12.2 Å². The first-order chi connectivity index (χ1) is 6.00. The van der Waals surface area contributed by atoms with E-state index in [-0.39, 0.29) is 11.3 Å². The smallest absolute Gasteiger partial charge is 0.141 e. The summed E-state index contributed by atoms with van der Waals surface area (Å²) in [6, 6.07) is 0. The van der Waals surface area contributed by atoms with Crippen molar-refractivity contribution in [2.75, 3.05) is 0 Å². The van der Waals surface area contributed by atoms with Crippen LogP contribution in [0, 0.1) is 17.3 Å². The summed E-state index contributed by atoms with van der Waals surface area (Å²) in [5, 5.41) is 0. The van der Waals surface area contributed by atoms with Gasteiger partial charge in [0.1, 0.15) is 5.78 Å². The predicted molar refractivity (Wildman–Crippen MR) is 55.5 cm³/mol. The molecule has 0 aromatic carbocycles. The first kappa shape index (κ1) is 10.5.